The minimum atomic E-state index is 0.245. The van der Waals surface area contributed by atoms with Crippen LogP contribution in [0.4, 0.5) is 0 Å². The second kappa shape index (κ2) is 5.75. The lowest BCUT2D eigenvalue weighted by atomic mass is 10.0. The molecule has 0 radical (unpaired) electrons. The highest BCUT2D eigenvalue weighted by molar-refractivity contribution is 5.95. The number of ether oxygens (including phenoxy) is 1. The highest BCUT2D eigenvalue weighted by Gasteiger charge is 2.12. The molecule has 3 heteroatoms. The number of rotatable bonds is 5. The Bertz CT molecular complexity index is 199. The zero-order chi connectivity index (χ0) is 9.52. The Balaban J connectivity index is 2.25. The predicted molar refractivity (Wildman–Crippen MR) is 51.4 cm³/mol. The fourth-order valence-electron chi connectivity index (χ4n) is 1.36. The topological polar surface area (TPSA) is 38.3 Å². The molecule has 0 saturated heterocycles. The van der Waals surface area contributed by atoms with Crippen LogP contribution in [0.15, 0.2) is 11.8 Å². The molecule has 0 aliphatic carbocycles. The van der Waals surface area contributed by atoms with Crippen molar-refractivity contribution >= 4 is 5.78 Å². The molecule has 0 bridgehead atoms. The average molecular weight is 183 g/mol. The number of nitrogens with one attached hydrogen (secondary N) is 1. The van der Waals surface area contributed by atoms with Crippen LogP contribution < -0.4 is 5.32 Å². The van der Waals surface area contributed by atoms with Gasteiger partial charge in [0.15, 0.2) is 5.78 Å². The van der Waals surface area contributed by atoms with E-state index in [0.29, 0.717) is 6.42 Å². The van der Waals surface area contributed by atoms with Crippen molar-refractivity contribution in [3.05, 3.63) is 11.8 Å². The molecular weight excluding hydrogens is 166 g/mol. The lowest BCUT2D eigenvalue weighted by Gasteiger charge is -2.12. The molecule has 74 valence electrons. The van der Waals surface area contributed by atoms with Gasteiger partial charge >= 0.3 is 0 Å². The summed E-state index contributed by atoms with van der Waals surface area (Å²) < 4.78 is 5.11. The number of carbonyl (C=O) groups is 1. The maximum atomic E-state index is 11.5. The Morgan fingerprint density at radius 1 is 1.69 bits per heavy atom. The van der Waals surface area contributed by atoms with Crippen molar-refractivity contribution < 1.29 is 9.53 Å². The molecule has 3 nitrogen and oxygen atoms in total. The molecule has 0 saturated carbocycles. The smallest absolute Gasteiger partial charge is 0.161 e. The maximum absolute atomic E-state index is 11.5. The van der Waals surface area contributed by atoms with E-state index >= 15 is 0 Å². The monoisotopic (exact) mass is 183 g/mol. The van der Waals surface area contributed by atoms with Crippen molar-refractivity contribution in [2.75, 3.05) is 20.2 Å². The third-order valence-electron chi connectivity index (χ3n) is 2.12. The number of carbonyl (C=O) groups excluding carboxylic acids is 1. The molecule has 1 N–H and O–H groups in total. The number of hydrogen-bond acceptors (Lipinski definition) is 3. The highest BCUT2D eigenvalue weighted by atomic mass is 16.5. The molecule has 1 aliphatic heterocycles. The van der Waals surface area contributed by atoms with E-state index in [0.717, 1.165) is 38.0 Å². The molecule has 1 aliphatic rings. The fraction of sp³-hybridized carbons (Fsp3) is 0.700. The molecule has 0 spiro atoms. The number of ketones is 1. The van der Waals surface area contributed by atoms with Gasteiger partial charge in [-0.1, -0.05) is 0 Å². The zero-order valence-corrected chi connectivity index (χ0v) is 8.14. The van der Waals surface area contributed by atoms with Crippen LogP contribution in [-0.4, -0.2) is 26.0 Å². The summed E-state index contributed by atoms with van der Waals surface area (Å²) in [6.07, 6.45) is 5.04. The summed E-state index contributed by atoms with van der Waals surface area (Å²) in [5.41, 5.74) is 0.863. The van der Waals surface area contributed by atoms with E-state index in [9.17, 15) is 4.79 Å². The Kier molecular flexibility index (Phi) is 4.54. The molecule has 0 aromatic heterocycles. The quantitative estimate of drug-likeness (QED) is 0.652. The van der Waals surface area contributed by atoms with Gasteiger partial charge in [0, 0.05) is 12.0 Å². The van der Waals surface area contributed by atoms with Crippen LogP contribution >= 0.6 is 0 Å². The standard InChI is InChI=1S/C10H17NO2/c1-11-6-2-5-10(12)9-4-3-7-13-8-9/h8,11H,2-7H2,1H3. The summed E-state index contributed by atoms with van der Waals surface area (Å²) in [6.45, 7) is 1.66. The van der Waals surface area contributed by atoms with E-state index < -0.39 is 0 Å². The Morgan fingerprint density at radius 2 is 2.54 bits per heavy atom. The largest absolute Gasteiger partial charge is 0.501 e. The van der Waals surface area contributed by atoms with Crippen molar-refractivity contribution in [1.82, 2.24) is 5.32 Å². The zero-order valence-electron chi connectivity index (χ0n) is 8.14. The molecule has 1 rings (SSSR count). The first-order valence-corrected chi connectivity index (χ1v) is 4.83. The normalized spacial score (nSPS) is 16.2. The second-order valence-corrected chi connectivity index (χ2v) is 3.25. The van der Waals surface area contributed by atoms with Crippen molar-refractivity contribution in [3.8, 4) is 0 Å². The van der Waals surface area contributed by atoms with E-state index in [2.05, 4.69) is 5.32 Å². The predicted octanol–water partition coefficient (Wildman–Crippen LogP) is 1.25. The molecule has 0 amide bonds. The van der Waals surface area contributed by atoms with Gasteiger partial charge in [-0.15, -0.1) is 0 Å². The maximum Gasteiger partial charge on any atom is 0.161 e. The van der Waals surface area contributed by atoms with E-state index in [1.807, 2.05) is 7.05 Å². The van der Waals surface area contributed by atoms with Crippen molar-refractivity contribution in [2.45, 2.75) is 25.7 Å². The average Bonchev–Trinajstić information content (AvgIpc) is 2.19. The number of allylic oxidation sites excluding steroid dienone is 1. The summed E-state index contributed by atoms with van der Waals surface area (Å²) in [4.78, 5) is 11.5. The van der Waals surface area contributed by atoms with Gasteiger partial charge in [0.05, 0.1) is 12.9 Å². The second-order valence-electron chi connectivity index (χ2n) is 3.25. The molecule has 1 heterocycles. The van der Waals surface area contributed by atoms with Gasteiger partial charge in [-0.2, -0.15) is 0 Å². The molecule has 0 aromatic carbocycles. The van der Waals surface area contributed by atoms with Crippen LogP contribution in [0.5, 0.6) is 0 Å². The van der Waals surface area contributed by atoms with Crippen LogP contribution in [0.25, 0.3) is 0 Å². The van der Waals surface area contributed by atoms with Crippen LogP contribution in [0.3, 0.4) is 0 Å². The Labute approximate surface area is 79.2 Å². The molecule has 0 atom stereocenters. The van der Waals surface area contributed by atoms with Gasteiger partial charge in [-0.05, 0) is 32.9 Å². The number of hydrogen-bond donors (Lipinski definition) is 1. The fourth-order valence-corrected chi connectivity index (χ4v) is 1.36. The van der Waals surface area contributed by atoms with Crippen LogP contribution in [-0.2, 0) is 9.53 Å². The lowest BCUT2D eigenvalue weighted by Crippen LogP contribution is -2.13. The highest BCUT2D eigenvalue weighted by Crippen LogP contribution is 2.14. The molecular formula is C10H17NO2. The van der Waals surface area contributed by atoms with Gasteiger partial charge in [0.2, 0.25) is 0 Å². The number of Topliss-reactive ketones (excluding diaryl/α,β-unsaturated/α-hetero) is 1. The first-order valence-electron chi connectivity index (χ1n) is 4.83. The molecule has 0 fully saturated rings. The first kappa shape index (κ1) is 10.3. The van der Waals surface area contributed by atoms with Gasteiger partial charge < -0.3 is 10.1 Å². The molecule has 0 unspecified atom stereocenters. The van der Waals surface area contributed by atoms with Crippen LogP contribution in [0, 0.1) is 0 Å². The first-order chi connectivity index (χ1) is 6.34. The minimum Gasteiger partial charge on any atom is -0.501 e. The summed E-state index contributed by atoms with van der Waals surface area (Å²) in [6, 6.07) is 0. The third-order valence-corrected chi connectivity index (χ3v) is 2.12. The molecule has 0 aromatic rings. The van der Waals surface area contributed by atoms with Gasteiger partial charge in [-0.3, -0.25) is 4.79 Å². The minimum absolute atomic E-state index is 0.245. The summed E-state index contributed by atoms with van der Waals surface area (Å²) in [7, 11) is 1.90. The van der Waals surface area contributed by atoms with E-state index in [1.54, 1.807) is 6.26 Å². The van der Waals surface area contributed by atoms with E-state index in [1.165, 1.54) is 0 Å². The third kappa shape index (κ3) is 3.59. The lowest BCUT2D eigenvalue weighted by molar-refractivity contribution is -0.116. The van der Waals surface area contributed by atoms with Crippen molar-refractivity contribution in [3.63, 3.8) is 0 Å². The summed E-state index contributed by atoms with van der Waals surface area (Å²) in [5, 5.41) is 3.02. The molecule has 13 heavy (non-hydrogen) atoms. The van der Waals surface area contributed by atoms with E-state index in [-0.39, 0.29) is 5.78 Å². The van der Waals surface area contributed by atoms with Gasteiger partial charge in [0.1, 0.15) is 0 Å². The SMILES string of the molecule is CNCCCC(=O)C1=COCCC1. The van der Waals surface area contributed by atoms with Crippen LogP contribution in [0.2, 0.25) is 0 Å². The van der Waals surface area contributed by atoms with Crippen LogP contribution in [0.1, 0.15) is 25.7 Å². The van der Waals surface area contributed by atoms with Crippen molar-refractivity contribution in [2.24, 2.45) is 0 Å². The van der Waals surface area contributed by atoms with E-state index in [4.69, 9.17) is 4.74 Å². The Morgan fingerprint density at radius 3 is 3.15 bits per heavy atom. The van der Waals surface area contributed by atoms with Crippen molar-refractivity contribution in [1.29, 1.82) is 0 Å². The summed E-state index contributed by atoms with van der Waals surface area (Å²) >= 11 is 0. The van der Waals surface area contributed by atoms with Gasteiger partial charge in [-0.25, -0.2) is 0 Å². The summed E-state index contributed by atoms with van der Waals surface area (Å²) in [5.74, 6) is 0.245. The van der Waals surface area contributed by atoms with Gasteiger partial charge in [0.25, 0.3) is 0 Å². The Hall–Kier alpha value is -0.830.